The van der Waals surface area contributed by atoms with Crippen LogP contribution in [0.5, 0.6) is 0 Å². The van der Waals surface area contributed by atoms with Crippen LogP contribution in [-0.2, 0) is 6.54 Å². The lowest BCUT2D eigenvalue weighted by atomic mass is 10.2. The van der Waals surface area contributed by atoms with Gasteiger partial charge in [-0.15, -0.1) is 0 Å². The summed E-state index contributed by atoms with van der Waals surface area (Å²) < 4.78 is 1.44. The molecule has 1 amide bonds. The molecule has 0 aliphatic heterocycles. The van der Waals surface area contributed by atoms with Crippen molar-refractivity contribution in [1.82, 2.24) is 24.7 Å². The molecule has 134 valence electrons. The van der Waals surface area contributed by atoms with Crippen molar-refractivity contribution in [2.24, 2.45) is 0 Å². The van der Waals surface area contributed by atoms with Crippen molar-refractivity contribution in [3.8, 4) is 0 Å². The molecular formula is C19H16N6O2. The normalized spacial score (nSPS) is 11.0. The maximum absolute atomic E-state index is 12.8. The summed E-state index contributed by atoms with van der Waals surface area (Å²) >= 11 is 0. The molecule has 8 heteroatoms. The zero-order chi connectivity index (χ0) is 19.0. The lowest BCUT2D eigenvalue weighted by Crippen LogP contribution is -2.25. The minimum Gasteiger partial charge on any atom is -0.383 e. The summed E-state index contributed by atoms with van der Waals surface area (Å²) in [5.74, 6) is -0.393. The molecule has 0 atom stereocenters. The number of amides is 1. The molecule has 0 unspecified atom stereocenters. The van der Waals surface area contributed by atoms with Crippen molar-refractivity contribution < 1.29 is 4.79 Å². The van der Waals surface area contributed by atoms with Crippen LogP contribution in [0.2, 0.25) is 0 Å². The van der Waals surface area contributed by atoms with Crippen LogP contribution in [0.3, 0.4) is 0 Å². The van der Waals surface area contributed by atoms with Gasteiger partial charge in [0.25, 0.3) is 11.5 Å². The Bertz CT molecular complexity index is 1230. The van der Waals surface area contributed by atoms with E-state index in [0.717, 1.165) is 11.1 Å². The summed E-state index contributed by atoms with van der Waals surface area (Å²) in [5.41, 5.74) is 8.21. The van der Waals surface area contributed by atoms with E-state index in [4.69, 9.17) is 5.73 Å². The zero-order valence-electron chi connectivity index (χ0n) is 14.5. The molecule has 4 rings (SSSR count). The fourth-order valence-corrected chi connectivity index (χ4v) is 2.87. The number of hydrogen-bond donors (Lipinski definition) is 2. The third-order valence-corrected chi connectivity index (χ3v) is 4.28. The predicted molar refractivity (Wildman–Crippen MR) is 101 cm³/mol. The number of aromatic nitrogens is 4. The van der Waals surface area contributed by atoms with Crippen molar-refractivity contribution in [2.75, 3.05) is 5.73 Å². The van der Waals surface area contributed by atoms with Gasteiger partial charge >= 0.3 is 0 Å². The fourth-order valence-electron chi connectivity index (χ4n) is 2.87. The highest BCUT2D eigenvalue weighted by atomic mass is 16.1. The maximum Gasteiger partial charge on any atom is 0.267 e. The number of pyridine rings is 3. The number of aryl methyl sites for hydroxylation is 1. The van der Waals surface area contributed by atoms with E-state index < -0.39 is 5.91 Å². The summed E-state index contributed by atoms with van der Waals surface area (Å²) in [6, 6.07) is 8.70. The van der Waals surface area contributed by atoms with Gasteiger partial charge in [0.2, 0.25) is 0 Å². The Kier molecular flexibility index (Phi) is 4.00. The van der Waals surface area contributed by atoms with E-state index >= 15 is 0 Å². The number of hydrogen-bond acceptors (Lipinski definition) is 6. The Morgan fingerprint density at radius 3 is 2.89 bits per heavy atom. The third-order valence-electron chi connectivity index (χ3n) is 4.28. The van der Waals surface area contributed by atoms with Gasteiger partial charge in [0.15, 0.2) is 5.65 Å². The molecule has 27 heavy (non-hydrogen) atoms. The van der Waals surface area contributed by atoms with Crippen LogP contribution < -0.4 is 16.6 Å². The first-order valence-corrected chi connectivity index (χ1v) is 8.30. The van der Waals surface area contributed by atoms with Gasteiger partial charge in [-0.1, -0.05) is 12.1 Å². The Hall–Kier alpha value is -3.81. The van der Waals surface area contributed by atoms with E-state index in [2.05, 4.69) is 20.3 Å². The van der Waals surface area contributed by atoms with Crippen molar-refractivity contribution in [3.05, 3.63) is 76.0 Å². The zero-order valence-corrected chi connectivity index (χ0v) is 14.5. The van der Waals surface area contributed by atoms with Crippen LogP contribution in [0.4, 0.5) is 5.82 Å². The fraction of sp³-hybridized carbons (Fsp3) is 0.105. The molecule has 0 spiro atoms. The lowest BCUT2D eigenvalue weighted by Gasteiger charge is -2.09. The predicted octanol–water partition coefficient (Wildman–Crippen LogP) is 1.46. The van der Waals surface area contributed by atoms with Gasteiger partial charge < -0.3 is 11.1 Å². The summed E-state index contributed by atoms with van der Waals surface area (Å²) in [5, 5.41) is 2.99. The summed E-state index contributed by atoms with van der Waals surface area (Å²) in [6.07, 6.45) is 4.95. The molecule has 0 bridgehead atoms. The minimum absolute atomic E-state index is 0.0241. The number of nitrogens with two attached hydrogens (primary N) is 1. The van der Waals surface area contributed by atoms with Crippen LogP contribution in [0.15, 0.2) is 53.7 Å². The van der Waals surface area contributed by atoms with Gasteiger partial charge in [-0.25, -0.2) is 9.97 Å². The van der Waals surface area contributed by atoms with Gasteiger partial charge in [-0.05, 0) is 36.2 Å². The molecule has 0 aromatic carbocycles. The monoisotopic (exact) mass is 360 g/mol. The minimum atomic E-state index is -0.417. The molecule has 8 nitrogen and oxygen atoms in total. The van der Waals surface area contributed by atoms with E-state index in [9.17, 15) is 9.59 Å². The topological polar surface area (TPSA) is 115 Å². The average molecular weight is 360 g/mol. The highest BCUT2D eigenvalue weighted by molar-refractivity contribution is 6.01. The van der Waals surface area contributed by atoms with Crippen LogP contribution in [0.25, 0.3) is 16.7 Å². The molecule has 0 radical (unpaired) electrons. The molecule has 0 saturated carbocycles. The number of fused-ring (bicyclic) bond motifs is 2. The van der Waals surface area contributed by atoms with Crippen molar-refractivity contribution in [1.29, 1.82) is 0 Å². The van der Waals surface area contributed by atoms with Gasteiger partial charge in [-0.2, -0.15) is 0 Å². The Labute approximate surface area is 153 Å². The molecule has 4 aromatic rings. The number of nitrogen functional groups attached to an aromatic ring is 1. The van der Waals surface area contributed by atoms with Gasteiger partial charge in [-0.3, -0.25) is 19.0 Å². The van der Waals surface area contributed by atoms with Crippen molar-refractivity contribution in [3.63, 3.8) is 0 Å². The first-order valence-electron chi connectivity index (χ1n) is 8.30. The molecule has 0 saturated heterocycles. The lowest BCUT2D eigenvalue weighted by molar-refractivity contribution is 0.0951. The smallest absolute Gasteiger partial charge is 0.267 e. The van der Waals surface area contributed by atoms with E-state index in [1.165, 1.54) is 10.5 Å². The number of carbonyl (C=O) groups is 1. The molecule has 3 N–H and O–H groups in total. The summed E-state index contributed by atoms with van der Waals surface area (Å²) in [7, 11) is 0. The molecule has 4 heterocycles. The summed E-state index contributed by atoms with van der Waals surface area (Å²) in [4.78, 5) is 37.9. The highest BCUT2D eigenvalue weighted by Gasteiger charge is 2.16. The molecule has 0 aliphatic rings. The van der Waals surface area contributed by atoms with E-state index in [1.54, 1.807) is 30.7 Å². The van der Waals surface area contributed by atoms with E-state index in [0.29, 0.717) is 5.65 Å². The molecule has 4 aromatic heterocycles. The standard InChI is InChI=1S/C19H16N6O2/c1-11-4-3-7-25-17(11)24-16-14(19(25)27)8-13(15(20)23-16)18(26)22-10-12-5-2-6-21-9-12/h2-9H,10H2,1H3,(H2,20,23)(H,22,26). The average Bonchev–Trinajstić information content (AvgIpc) is 2.67. The van der Waals surface area contributed by atoms with Gasteiger partial charge in [0.1, 0.15) is 11.5 Å². The van der Waals surface area contributed by atoms with E-state index in [-0.39, 0.29) is 34.5 Å². The van der Waals surface area contributed by atoms with Crippen LogP contribution in [0, 0.1) is 6.92 Å². The number of nitrogens with one attached hydrogen (secondary N) is 1. The molecule has 0 fully saturated rings. The second kappa shape index (κ2) is 6.49. The van der Waals surface area contributed by atoms with E-state index in [1.807, 2.05) is 19.1 Å². The second-order valence-corrected chi connectivity index (χ2v) is 6.14. The van der Waals surface area contributed by atoms with Gasteiger partial charge in [0.05, 0.1) is 10.9 Å². The quantitative estimate of drug-likeness (QED) is 0.535. The SMILES string of the molecule is Cc1cccn2c(=O)c3cc(C(=O)NCc4cccnc4)c(N)nc3nc12. The number of nitrogens with zero attached hydrogens (tertiary/aromatic N) is 4. The van der Waals surface area contributed by atoms with Gasteiger partial charge in [0, 0.05) is 25.1 Å². The van der Waals surface area contributed by atoms with Crippen molar-refractivity contribution in [2.45, 2.75) is 13.5 Å². The number of rotatable bonds is 3. The van der Waals surface area contributed by atoms with Crippen molar-refractivity contribution >= 4 is 28.4 Å². The van der Waals surface area contributed by atoms with Crippen LogP contribution >= 0.6 is 0 Å². The largest absolute Gasteiger partial charge is 0.383 e. The Balaban J connectivity index is 1.76. The highest BCUT2D eigenvalue weighted by Crippen LogP contribution is 2.16. The number of carbonyl (C=O) groups excluding carboxylic acids is 1. The first kappa shape index (κ1) is 16.6. The third kappa shape index (κ3) is 2.97. The number of anilines is 1. The maximum atomic E-state index is 12.8. The molecular weight excluding hydrogens is 344 g/mol. The molecule has 0 aliphatic carbocycles. The Morgan fingerprint density at radius 1 is 1.26 bits per heavy atom. The summed E-state index contributed by atoms with van der Waals surface area (Å²) in [6.45, 7) is 2.15. The Morgan fingerprint density at radius 2 is 2.11 bits per heavy atom. The van der Waals surface area contributed by atoms with Crippen LogP contribution in [-0.4, -0.2) is 25.3 Å². The van der Waals surface area contributed by atoms with Crippen LogP contribution in [0.1, 0.15) is 21.5 Å². The first-order chi connectivity index (χ1) is 13.0. The second-order valence-electron chi connectivity index (χ2n) is 6.14.